The van der Waals surface area contributed by atoms with Crippen LogP contribution in [-0.4, -0.2) is 23.9 Å². The van der Waals surface area contributed by atoms with Crippen LogP contribution in [0.15, 0.2) is 54.6 Å². The number of hydrogen-bond acceptors (Lipinski definition) is 2. The predicted molar refractivity (Wildman–Crippen MR) is 90.7 cm³/mol. The van der Waals surface area contributed by atoms with E-state index < -0.39 is 0 Å². The Labute approximate surface area is 136 Å². The van der Waals surface area contributed by atoms with E-state index in [1.54, 1.807) is 0 Å². The third-order valence-corrected chi connectivity index (χ3v) is 3.91. The third kappa shape index (κ3) is 4.86. The third-order valence-electron chi connectivity index (χ3n) is 3.67. The lowest BCUT2D eigenvalue weighted by Crippen LogP contribution is -2.42. The van der Waals surface area contributed by atoms with Crippen molar-refractivity contribution in [1.29, 1.82) is 0 Å². The van der Waals surface area contributed by atoms with Crippen molar-refractivity contribution in [3.8, 4) is 0 Å². The number of benzene rings is 2. The van der Waals surface area contributed by atoms with E-state index in [-0.39, 0.29) is 11.9 Å². The van der Waals surface area contributed by atoms with Gasteiger partial charge in [0.15, 0.2) is 0 Å². The highest BCUT2D eigenvalue weighted by Crippen LogP contribution is 2.13. The molecule has 0 radical (unpaired) electrons. The first-order valence-corrected chi connectivity index (χ1v) is 7.70. The molecule has 0 bridgehead atoms. The van der Waals surface area contributed by atoms with Crippen molar-refractivity contribution in [3.63, 3.8) is 0 Å². The highest BCUT2D eigenvalue weighted by atomic mass is 35.5. The van der Waals surface area contributed by atoms with Crippen molar-refractivity contribution < 1.29 is 4.79 Å². The zero-order chi connectivity index (χ0) is 15.9. The molecule has 0 spiro atoms. The molecule has 116 valence electrons. The Bertz CT molecular complexity index is 615. The van der Waals surface area contributed by atoms with E-state index in [4.69, 9.17) is 11.6 Å². The predicted octanol–water partition coefficient (Wildman–Crippen LogP) is 3.48. The molecule has 1 atom stereocenters. The Morgan fingerprint density at radius 1 is 1.14 bits per heavy atom. The number of rotatable bonds is 6. The van der Waals surface area contributed by atoms with Crippen LogP contribution < -0.4 is 5.32 Å². The molecule has 0 saturated heterocycles. The molecule has 1 unspecified atom stereocenters. The van der Waals surface area contributed by atoms with Gasteiger partial charge in [-0.3, -0.25) is 9.69 Å². The zero-order valence-corrected chi connectivity index (χ0v) is 13.7. The van der Waals surface area contributed by atoms with Crippen LogP contribution in [0.25, 0.3) is 0 Å². The van der Waals surface area contributed by atoms with Crippen LogP contribution in [-0.2, 0) is 17.9 Å². The van der Waals surface area contributed by atoms with E-state index in [2.05, 4.69) is 5.32 Å². The van der Waals surface area contributed by atoms with E-state index in [1.165, 1.54) is 0 Å². The molecule has 1 N–H and O–H groups in total. The van der Waals surface area contributed by atoms with Gasteiger partial charge in [0.25, 0.3) is 0 Å². The van der Waals surface area contributed by atoms with Crippen molar-refractivity contribution in [2.75, 3.05) is 7.05 Å². The fourth-order valence-electron chi connectivity index (χ4n) is 2.19. The molecule has 0 aliphatic rings. The number of nitrogens with one attached hydrogen (secondary N) is 1. The van der Waals surface area contributed by atoms with Crippen molar-refractivity contribution in [3.05, 3.63) is 70.7 Å². The van der Waals surface area contributed by atoms with Crippen LogP contribution in [0.4, 0.5) is 0 Å². The van der Waals surface area contributed by atoms with Gasteiger partial charge >= 0.3 is 0 Å². The Hall–Kier alpha value is -1.84. The van der Waals surface area contributed by atoms with E-state index in [0.717, 1.165) is 11.1 Å². The molecular formula is C18H21ClN2O. The van der Waals surface area contributed by atoms with Gasteiger partial charge in [0.05, 0.1) is 6.04 Å². The fraction of sp³-hybridized carbons (Fsp3) is 0.278. The quantitative estimate of drug-likeness (QED) is 0.885. The van der Waals surface area contributed by atoms with Crippen molar-refractivity contribution >= 4 is 17.5 Å². The molecule has 0 aliphatic heterocycles. The van der Waals surface area contributed by atoms with Gasteiger partial charge in [0.2, 0.25) is 5.91 Å². The van der Waals surface area contributed by atoms with Gasteiger partial charge in [0.1, 0.15) is 0 Å². The summed E-state index contributed by atoms with van der Waals surface area (Å²) in [6.07, 6.45) is 0. The Kier molecular flexibility index (Phi) is 5.99. The van der Waals surface area contributed by atoms with E-state index >= 15 is 0 Å². The first-order chi connectivity index (χ1) is 10.6. The SMILES string of the molecule is CC(C(=O)NCc1ccccc1)N(C)Cc1cccc(Cl)c1. The molecule has 2 rings (SSSR count). The van der Waals surface area contributed by atoms with Gasteiger partial charge in [0, 0.05) is 18.1 Å². The minimum absolute atomic E-state index is 0.0216. The molecule has 22 heavy (non-hydrogen) atoms. The monoisotopic (exact) mass is 316 g/mol. The van der Waals surface area contributed by atoms with Gasteiger partial charge in [-0.2, -0.15) is 0 Å². The smallest absolute Gasteiger partial charge is 0.237 e. The topological polar surface area (TPSA) is 32.3 Å². The molecule has 0 aromatic heterocycles. The van der Waals surface area contributed by atoms with Gasteiger partial charge in [-0.1, -0.05) is 54.1 Å². The maximum Gasteiger partial charge on any atom is 0.237 e. The number of carbonyl (C=O) groups excluding carboxylic acids is 1. The molecule has 1 amide bonds. The average Bonchev–Trinajstić information content (AvgIpc) is 2.53. The van der Waals surface area contributed by atoms with Crippen molar-refractivity contribution in [2.24, 2.45) is 0 Å². The molecule has 0 fully saturated rings. The zero-order valence-electron chi connectivity index (χ0n) is 12.9. The second-order valence-corrected chi connectivity index (χ2v) is 5.86. The Morgan fingerprint density at radius 2 is 1.82 bits per heavy atom. The van der Waals surface area contributed by atoms with Gasteiger partial charge in [-0.25, -0.2) is 0 Å². The largest absolute Gasteiger partial charge is 0.351 e. The van der Waals surface area contributed by atoms with Crippen LogP contribution in [0.5, 0.6) is 0 Å². The Balaban J connectivity index is 1.86. The molecule has 3 nitrogen and oxygen atoms in total. The summed E-state index contributed by atoms with van der Waals surface area (Å²) in [7, 11) is 1.94. The summed E-state index contributed by atoms with van der Waals surface area (Å²) >= 11 is 5.99. The van der Waals surface area contributed by atoms with Crippen molar-refractivity contribution in [2.45, 2.75) is 26.1 Å². The highest BCUT2D eigenvalue weighted by molar-refractivity contribution is 6.30. The first kappa shape index (κ1) is 16.5. The molecule has 2 aromatic carbocycles. The van der Waals surface area contributed by atoms with Crippen LogP contribution in [0, 0.1) is 0 Å². The minimum Gasteiger partial charge on any atom is -0.351 e. The van der Waals surface area contributed by atoms with Crippen LogP contribution in [0.3, 0.4) is 0 Å². The van der Waals surface area contributed by atoms with E-state index in [1.807, 2.05) is 73.5 Å². The maximum absolute atomic E-state index is 12.2. The lowest BCUT2D eigenvalue weighted by Gasteiger charge is -2.24. The number of carbonyl (C=O) groups is 1. The number of halogens is 1. The summed E-state index contributed by atoms with van der Waals surface area (Å²) in [5.74, 6) is 0.0216. The second kappa shape index (κ2) is 7.97. The molecule has 0 heterocycles. The number of nitrogens with zero attached hydrogens (tertiary/aromatic N) is 1. The van der Waals surface area contributed by atoms with Gasteiger partial charge < -0.3 is 5.32 Å². The van der Waals surface area contributed by atoms with Crippen LogP contribution in [0.1, 0.15) is 18.1 Å². The van der Waals surface area contributed by atoms with Gasteiger partial charge in [-0.05, 0) is 37.2 Å². The van der Waals surface area contributed by atoms with Crippen LogP contribution in [0.2, 0.25) is 5.02 Å². The summed E-state index contributed by atoms with van der Waals surface area (Å²) in [6.45, 7) is 3.14. The summed E-state index contributed by atoms with van der Waals surface area (Å²) < 4.78 is 0. The molecule has 0 aliphatic carbocycles. The molecule has 4 heteroatoms. The number of hydrogen-bond donors (Lipinski definition) is 1. The summed E-state index contributed by atoms with van der Waals surface area (Å²) in [5.41, 5.74) is 2.19. The highest BCUT2D eigenvalue weighted by Gasteiger charge is 2.17. The second-order valence-electron chi connectivity index (χ2n) is 5.42. The summed E-state index contributed by atoms with van der Waals surface area (Å²) in [5, 5.41) is 3.69. The van der Waals surface area contributed by atoms with Gasteiger partial charge in [-0.15, -0.1) is 0 Å². The average molecular weight is 317 g/mol. The standard InChI is InChI=1S/C18H21ClN2O/c1-14(18(22)20-12-15-7-4-3-5-8-15)21(2)13-16-9-6-10-17(19)11-16/h3-11,14H,12-13H2,1-2H3,(H,20,22). The Morgan fingerprint density at radius 3 is 2.50 bits per heavy atom. The minimum atomic E-state index is -0.206. The van der Waals surface area contributed by atoms with Crippen LogP contribution >= 0.6 is 11.6 Å². The normalized spacial score (nSPS) is 12.2. The molecular weight excluding hydrogens is 296 g/mol. The number of likely N-dealkylation sites (N-methyl/N-ethyl adjacent to an activating group) is 1. The molecule has 0 saturated carbocycles. The molecule has 2 aromatic rings. The van der Waals surface area contributed by atoms with E-state index in [0.29, 0.717) is 18.1 Å². The summed E-state index contributed by atoms with van der Waals surface area (Å²) in [6, 6.07) is 17.4. The van der Waals surface area contributed by atoms with Crippen molar-refractivity contribution in [1.82, 2.24) is 10.2 Å². The fourth-order valence-corrected chi connectivity index (χ4v) is 2.41. The lowest BCUT2D eigenvalue weighted by atomic mass is 10.2. The first-order valence-electron chi connectivity index (χ1n) is 7.32. The summed E-state index contributed by atoms with van der Waals surface area (Å²) in [4.78, 5) is 14.2. The maximum atomic E-state index is 12.2. The number of amides is 1. The van der Waals surface area contributed by atoms with E-state index in [9.17, 15) is 4.79 Å². The lowest BCUT2D eigenvalue weighted by molar-refractivity contribution is -0.125.